The number of ketones is 1. The van der Waals surface area contributed by atoms with Crippen LogP contribution < -0.4 is 0 Å². The van der Waals surface area contributed by atoms with Crippen LogP contribution in [-0.4, -0.2) is 15.9 Å². The summed E-state index contributed by atoms with van der Waals surface area (Å²) in [7, 11) is 0. The minimum Gasteiger partial charge on any atom is -0.512 e. The second-order valence-corrected chi connectivity index (χ2v) is 8.11. The maximum absolute atomic E-state index is 10.0. The Labute approximate surface area is 208 Å². The fourth-order valence-electron chi connectivity index (χ4n) is 3.80. The third kappa shape index (κ3) is 6.50. The fourth-order valence-corrected chi connectivity index (χ4v) is 3.80. The molecule has 0 atom stereocenters. The summed E-state index contributed by atoms with van der Waals surface area (Å²) in [6, 6.07) is 18.1. The number of carbonyl (C=O) groups is 1. The van der Waals surface area contributed by atoms with Crippen molar-refractivity contribution in [1.82, 2.24) is 4.98 Å². The summed E-state index contributed by atoms with van der Waals surface area (Å²) < 4.78 is 6.30. The number of aryl methyl sites for hydroxylation is 4. The minimum atomic E-state index is -0.125. The van der Waals surface area contributed by atoms with Crippen molar-refractivity contribution in [1.29, 1.82) is 0 Å². The molecule has 0 saturated heterocycles. The van der Waals surface area contributed by atoms with E-state index in [0.29, 0.717) is 0 Å². The van der Waals surface area contributed by atoms with Crippen molar-refractivity contribution in [3.8, 4) is 22.6 Å². The van der Waals surface area contributed by atoms with E-state index in [4.69, 9.17) is 9.52 Å². The van der Waals surface area contributed by atoms with E-state index in [1.54, 1.807) is 0 Å². The van der Waals surface area contributed by atoms with Gasteiger partial charge in [-0.05, 0) is 51.0 Å². The van der Waals surface area contributed by atoms with Crippen molar-refractivity contribution in [3.63, 3.8) is 0 Å². The van der Waals surface area contributed by atoms with E-state index >= 15 is 0 Å². The Bertz CT molecular complexity index is 1270. The summed E-state index contributed by atoms with van der Waals surface area (Å²) in [6.45, 7) is 11.2. The van der Waals surface area contributed by atoms with Gasteiger partial charge in [0, 0.05) is 49.0 Å². The summed E-state index contributed by atoms with van der Waals surface area (Å²) in [5, 5.41) is 9.43. The van der Waals surface area contributed by atoms with Gasteiger partial charge in [-0.25, -0.2) is 0 Å². The fraction of sp³-hybridized carbons (Fsp3) is 0.214. The van der Waals surface area contributed by atoms with E-state index in [1.807, 2.05) is 12.3 Å². The van der Waals surface area contributed by atoms with Gasteiger partial charge in [0.05, 0.1) is 5.76 Å². The van der Waals surface area contributed by atoms with E-state index in [9.17, 15) is 4.79 Å². The van der Waals surface area contributed by atoms with Gasteiger partial charge in [0.25, 0.3) is 0 Å². The van der Waals surface area contributed by atoms with Crippen LogP contribution in [0.5, 0.6) is 0 Å². The predicted octanol–water partition coefficient (Wildman–Crippen LogP) is 7.23. The van der Waals surface area contributed by atoms with Crippen molar-refractivity contribution in [3.05, 3.63) is 88.8 Å². The SMILES string of the molecule is CC(=O)/C=C(/C)O.Cc1[c-]c(-c2nccc3cc(-c4c(C)cccc4C)oc23)cc(C)c1.[Ir]. The normalized spacial score (nSPS) is 10.9. The molecule has 33 heavy (non-hydrogen) atoms. The summed E-state index contributed by atoms with van der Waals surface area (Å²) >= 11 is 0. The van der Waals surface area contributed by atoms with Crippen LogP contribution in [0.3, 0.4) is 0 Å². The first-order chi connectivity index (χ1) is 15.2. The summed E-state index contributed by atoms with van der Waals surface area (Å²) in [6.07, 6.45) is 3.01. The average molecular weight is 619 g/mol. The monoisotopic (exact) mass is 619 g/mol. The number of carbonyl (C=O) groups excluding carboxylic acids is 1. The second kappa shape index (κ2) is 11.2. The molecule has 2 aromatic carbocycles. The number of furan rings is 1. The minimum absolute atomic E-state index is 0. The molecule has 1 radical (unpaired) electrons. The Morgan fingerprint density at radius 1 is 1.03 bits per heavy atom. The van der Waals surface area contributed by atoms with Gasteiger partial charge in [-0.1, -0.05) is 32.0 Å². The predicted molar refractivity (Wildman–Crippen MR) is 130 cm³/mol. The Balaban J connectivity index is 0.000000423. The molecule has 173 valence electrons. The smallest absolute Gasteiger partial charge is 0.155 e. The number of pyridine rings is 1. The number of allylic oxidation sites excluding steroid dienone is 2. The van der Waals surface area contributed by atoms with Crippen LogP contribution in [0.4, 0.5) is 0 Å². The Kier molecular flexibility index (Phi) is 8.92. The molecule has 0 aliphatic heterocycles. The number of hydrogen-bond donors (Lipinski definition) is 1. The Morgan fingerprint density at radius 3 is 2.24 bits per heavy atom. The van der Waals surface area contributed by atoms with Gasteiger partial charge < -0.3 is 14.5 Å². The molecule has 4 rings (SSSR count). The molecule has 5 heteroatoms. The van der Waals surface area contributed by atoms with Crippen LogP contribution in [0.15, 0.2) is 64.9 Å². The molecule has 0 spiro atoms. The zero-order valence-corrected chi connectivity index (χ0v) is 22.1. The first-order valence-corrected chi connectivity index (χ1v) is 10.5. The van der Waals surface area contributed by atoms with Gasteiger partial charge in [-0.3, -0.25) is 4.79 Å². The number of hydrogen-bond acceptors (Lipinski definition) is 4. The Hall–Kier alpha value is -3.01. The van der Waals surface area contributed by atoms with Gasteiger partial charge in [0.2, 0.25) is 0 Å². The zero-order valence-electron chi connectivity index (χ0n) is 19.7. The molecule has 0 saturated carbocycles. The molecule has 0 aliphatic carbocycles. The van der Waals surface area contributed by atoms with Crippen LogP contribution in [0.2, 0.25) is 0 Å². The van der Waals surface area contributed by atoms with E-state index in [1.165, 1.54) is 36.6 Å². The van der Waals surface area contributed by atoms with Crippen LogP contribution in [-0.2, 0) is 24.9 Å². The zero-order chi connectivity index (χ0) is 23.4. The van der Waals surface area contributed by atoms with Gasteiger partial charge in [0.15, 0.2) is 5.78 Å². The molecule has 0 unspecified atom stereocenters. The number of benzene rings is 2. The molecule has 0 bridgehead atoms. The molecule has 2 aromatic heterocycles. The quantitative estimate of drug-likeness (QED) is 0.150. The molecule has 0 fully saturated rings. The average Bonchev–Trinajstić information content (AvgIpc) is 3.10. The Morgan fingerprint density at radius 2 is 1.70 bits per heavy atom. The van der Waals surface area contributed by atoms with Gasteiger partial charge in [0.1, 0.15) is 11.3 Å². The number of aliphatic hydroxyl groups excluding tert-OH is 1. The number of aromatic nitrogens is 1. The molecular formula is C28H28IrNO3-. The van der Waals surface area contributed by atoms with E-state index in [0.717, 1.165) is 39.1 Å². The van der Waals surface area contributed by atoms with Crippen molar-refractivity contribution in [2.45, 2.75) is 41.5 Å². The third-order valence-corrected chi connectivity index (χ3v) is 4.98. The van der Waals surface area contributed by atoms with Crippen molar-refractivity contribution in [2.24, 2.45) is 0 Å². The van der Waals surface area contributed by atoms with E-state index < -0.39 is 0 Å². The number of rotatable bonds is 3. The second-order valence-electron chi connectivity index (χ2n) is 8.11. The molecule has 0 aliphatic rings. The van der Waals surface area contributed by atoms with E-state index in [-0.39, 0.29) is 31.6 Å². The topological polar surface area (TPSA) is 63.3 Å². The first-order valence-electron chi connectivity index (χ1n) is 10.5. The molecular weight excluding hydrogens is 591 g/mol. The van der Waals surface area contributed by atoms with Gasteiger partial charge >= 0.3 is 0 Å². The maximum Gasteiger partial charge on any atom is 0.155 e. The maximum atomic E-state index is 10.0. The van der Waals surface area contributed by atoms with Gasteiger partial charge in [-0.2, -0.15) is 0 Å². The van der Waals surface area contributed by atoms with Crippen LogP contribution in [0, 0.1) is 33.8 Å². The molecule has 4 aromatic rings. The molecule has 0 amide bonds. The molecule has 2 heterocycles. The summed E-state index contributed by atoms with van der Waals surface area (Å²) in [4.78, 5) is 14.6. The molecule has 4 nitrogen and oxygen atoms in total. The van der Waals surface area contributed by atoms with Crippen molar-refractivity contribution >= 4 is 16.8 Å². The number of nitrogens with zero attached hydrogens (tertiary/aromatic N) is 1. The number of aliphatic hydroxyl groups is 1. The van der Waals surface area contributed by atoms with Gasteiger partial charge in [-0.15, -0.1) is 34.9 Å². The van der Waals surface area contributed by atoms with E-state index in [2.05, 4.69) is 75.1 Å². The van der Waals surface area contributed by atoms with Crippen LogP contribution in [0.25, 0.3) is 33.6 Å². The first kappa shape index (κ1) is 26.2. The summed E-state index contributed by atoms with van der Waals surface area (Å²) in [5.41, 5.74) is 8.54. The van der Waals surface area contributed by atoms with Crippen LogP contribution in [0.1, 0.15) is 36.1 Å². The summed E-state index contributed by atoms with van der Waals surface area (Å²) in [5.74, 6) is 0.830. The largest absolute Gasteiger partial charge is 0.512 e. The number of fused-ring (bicyclic) bond motifs is 1. The standard InChI is InChI=1S/C23H20NO.C5H8O2.Ir/c1-14-10-15(2)12-19(11-14)22-23-18(8-9-24-22)13-20(25-23)21-16(3)6-5-7-17(21)4;1-4(6)3-5(2)7;/h5-11,13H,1-4H3;3,6H,1-2H3;/q-1;;/b;4-3-;. The van der Waals surface area contributed by atoms with Crippen LogP contribution >= 0.6 is 0 Å². The molecule has 1 N–H and O–H groups in total. The van der Waals surface area contributed by atoms with Crippen molar-refractivity contribution < 1.29 is 34.4 Å². The van der Waals surface area contributed by atoms with Crippen molar-refractivity contribution in [2.75, 3.05) is 0 Å². The third-order valence-electron chi connectivity index (χ3n) is 4.98.